The Labute approximate surface area is 110 Å². The van der Waals surface area contributed by atoms with E-state index in [9.17, 15) is 0 Å². The number of nitrogens with zero attached hydrogens (tertiary/aromatic N) is 1. The molecule has 1 heterocycles. The number of likely N-dealkylation sites (N-methyl/N-ethyl adjacent to an activating group) is 1. The lowest BCUT2D eigenvalue weighted by Crippen LogP contribution is -2.42. The SMILES string of the molecule is CCN(CC(C)C)CC1COc2ccccc2O1. The molecular weight excluding hydrogens is 226 g/mol. The summed E-state index contributed by atoms with van der Waals surface area (Å²) in [5.41, 5.74) is 0. The van der Waals surface area contributed by atoms with Crippen LogP contribution in [0.25, 0.3) is 0 Å². The largest absolute Gasteiger partial charge is 0.486 e. The number of para-hydroxylation sites is 2. The van der Waals surface area contributed by atoms with E-state index in [1.54, 1.807) is 0 Å². The number of rotatable bonds is 5. The van der Waals surface area contributed by atoms with E-state index in [1.165, 1.54) is 0 Å². The Balaban J connectivity index is 1.92. The van der Waals surface area contributed by atoms with Gasteiger partial charge in [-0.25, -0.2) is 0 Å². The molecule has 1 unspecified atom stereocenters. The van der Waals surface area contributed by atoms with Gasteiger partial charge in [-0.3, -0.25) is 4.90 Å². The van der Waals surface area contributed by atoms with Gasteiger partial charge in [0.1, 0.15) is 12.7 Å². The van der Waals surface area contributed by atoms with Gasteiger partial charge in [-0.15, -0.1) is 0 Å². The Hall–Kier alpha value is -1.22. The Morgan fingerprint density at radius 3 is 2.67 bits per heavy atom. The molecule has 18 heavy (non-hydrogen) atoms. The third-order valence-electron chi connectivity index (χ3n) is 3.10. The summed E-state index contributed by atoms with van der Waals surface area (Å²) in [6.07, 6.45) is 0.138. The second-order valence-electron chi connectivity index (χ2n) is 5.24. The molecule has 0 bridgehead atoms. The molecule has 3 heteroatoms. The fraction of sp³-hybridized carbons (Fsp3) is 0.600. The van der Waals surface area contributed by atoms with Crippen LogP contribution in [0.4, 0.5) is 0 Å². The number of benzene rings is 1. The molecule has 1 aromatic carbocycles. The smallest absolute Gasteiger partial charge is 0.161 e. The average molecular weight is 249 g/mol. The van der Waals surface area contributed by atoms with Crippen LogP contribution in [-0.2, 0) is 0 Å². The molecule has 0 saturated heterocycles. The highest BCUT2D eigenvalue weighted by Gasteiger charge is 2.22. The Kier molecular flexibility index (Phi) is 4.48. The number of fused-ring (bicyclic) bond motifs is 1. The van der Waals surface area contributed by atoms with Crippen LogP contribution < -0.4 is 9.47 Å². The van der Waals surface area contributed by atoms with E-state index in [2.05, 4.69) is 25.7 Å². The number of hydrogen-bond acceptors (Lipinski definition) is 3. The summed E-state index contributed by atoms with van der Waals surface area (Å²) in [7, 11) is 0. The van der Waals surface area contributed by atoms with E-state index in [4.69, 9.17) is 9.47 Å². The summed E-state index contributed by atoms with van der Waals surface area (Å²) in [6, 6.07) is 7.88. The maximum absolute atomic E-state index is 5.98. The lowest BCUT2D eigenvalue weighted by molar-refractivity contribution is 0.0570. The lowest BCUT2D eigenvalue weighted by atomic mass is 10.2. The van der Waals surface area contributed by atoms with Crippen molar-refractivity contribution in [1.29, 1.82) is 0 Å². The summed E-state index contributed by atoms with van der Waals surface area (Å²) >= 11 is 0. The molecule has 1 atom stereocenters. The van der Waals surface area contributed by atoms with Crippen LogP contribution in [0.5, 0.6) is 11.5 Å². The minimum Gasteiger partial charge on any atom is -0.486 e. The first-order valence-electron chi connectivity index (χ1n) is 6.80. The lowest BCUT2D eigenvalue weighted by Gasteiger charge is -2.31. The summed E-state index contributed by atoms with van der Waals surface area (Å²) in [4.78, 5) is 2.42. The molecule has 1 aliphatic rings. The van der Waals surface area contributed by atoms with Crippen LogP contribution in [0.3, 0.4) is 0 Å². The highest BCUT2D eigenvalue weighted by Crippen LogP contribution is 2.30. The van der Waals surface area contributed by atoms with Gasteiger partial charge in [-0.05, 0) is 24.6 Å². The van der Waals surface area contributed by atoms with E-state index in [-0.39, 0.29) is 6.10 Å². The first-order chi connectivity index (χ1) is 8.69. The first-order valence-corrected chi connectivity index (χ1v) is 6.80. The zero-order valence-electron chi connectivity index (χ0n) is 11.6. The maximum Gasteiger partial charge on any atom is 0.161 e. The standard InChI is InChI=1S/C15H23NO2/c1-4-16(9-12(2)3)10-13-11-17-14-7-5-6-8-15(14)18-13/h5-8,12-13H,4,9-11H2,1-3H3. The van der Waals surface area contributed by atoms with Gasteiger partial charge in [0.15, 0.2) is 11.5 Å². The second kappa shape index (κ2) is 6.10. The molecule has 0 aliphatic carbocycles. The van der Waals surface area contributed by atoms with Crippen molar-refractivity contribution in [3.05, 3.63) is 24.3 Å². The predicted molar refractivity (Wildman–Crippen MR) is 73.3 cm³/mol. The Morgan fingerprint density at radius 2 is 2.00 bits per heavy atom. The molecule has 2 rings (SSSR count). The molecule has 1 aromatic rings. The fourth-order valence-corrected chi connectivity index (χ4v) is 2.29. The summed E-state index contributed by atoms with van der Waals surface area (Å²) in [5, 5.41) is 0. The fourth-order valence-electron chi connectivity index (χ4n) is 2.29. The van der Waals surface area contributed by atoms with Crippen molar-refractivity contribution in [2.75, 3.05) is 26.2 Å². The van der Waals surface area contributed by atoms with Gasteiger partial charge in [0.2, 0.25) is 0 Å². The maximum atomic E-state index is 5.98. The molecule has 0 fully saturated rings. The van der Waals surface area contributed by atoms with E-state index in [0.717, 1.165) is 31.1 Å². The zero-order chi connectivity index (χ0) is 13.0. The van der Waals surface area contributed by atoms with Crippen LogP contribution in [0.2, 0.25) is 0 Å². The topological polar surface area (TPSA) is 21.7 Å². The minimum absolute atomic E-state index is 0.138. The van der Waals surface area contributed by atoms with Crippen LogP contribution in [0, 0.1) is 5.92 Å². The van der Waals surface area contributed by atoms with Gasteiger partial charge in [0.05, 0.1) is 0 Å². The van der Waals surface area contributed by atoms with Gasteiger partial charge < -0.3 is 9.47 Å². The van der Waals surface area contributed by atoms with Crippen molar-refractivity contribution in [2.45, 2.75) is 26.9 Å². The van der Waals surface area contributed by atoms with Crippen LogP contribution in [0.1, 0.15) is 20.8 Å². The van der Waals surface area contributed by atoms with Crippen molar-refractivity contribution in [1.82, 2.24) is 4.90 Å². The predicted octanol–water partition coefficient (Wildman–Crippen LogP) is 2.80. The van der Waals surface area contributed by atoms with Gasteiger partial charge in [-0.1, -0.05) is 32.9 Å². The third-order valence-corrected chi connectivity index (χ3v) is 3.10. The van der Waals surface area contributed by atoms with Crippen molar-refractivity contribution in [3.8, 4) is 11.5 Å². The average Bonchev–Trinajstić information content (AvgIpc) is 2.37. The van der Waals surface area contributed by atoms with E-state index in [1.807, 2.05) is 24.3 Å². The normalized spacial score (nSPS) is 18.4. The molecule has 1 aliphatic heterocycles. The number of hydrogen-bond donors (Lipinski definition) is 0. The van der Waals surface area contributed by atoms with Gasteiger partial charge in [0, 0.05) is 13.1 Å². The molecule has 0 N–H and O–H groups in total. The van der Waals surface area contributed by atoms with Gasteiger partial charge in [-0.2, -0.15) is 0 Å². The Morgan fingerprint density at radius 1 is 1.28 bits per heavy atom. The summed E-state index contributed by atoms with van der Waals surface area (Å²) in [5.74, 6) is 2.41. The quantitative estimate of drug-likeness (QED) is 0.801. The van der Waals surface area contributed by atoms with Crippen LogP contribution in [0.15, 0.2) is 24.3 Å². The molecule has 3 nitrogen and oxygen atoms in total. The van der Waals surface area contributed by atoms with E-state index >= 15 is 0 Å². The molecule has 0 aromatic heterocycles. The molecule has 0 radical (unpaired) electrons. The monoisotopic (exact) mass is 249 g/mol. The van der Waals surface area contributed by atoms with Crippen LogP contribution >= 0.6 is 0 Å². The van der Waals surface area contributed by atoms with Gasteiger partial charge in [0.25, 0.3) is 0 Å². The summed E-state index contributed by atoms with van der Waals surface area (Å²) < 4.78 is 11.7. The Bertz CT molecular complexity index is 379. The summed E-state index contributed by atoms with van der Waals surface area (Å²) in [6.45, 7) is 10.4. The van der Waals surface area contributed by atoms with Crippen molar-refractivity contribution in [2.24, 2.45) is 5.92 Å². The molecule has 0 spiro atoms. The highest BCUT2D eigenvalue weighted by molar-refractivity contribution is 5.40. The van der Waals surface area contributed by atoms with E-state index < -0.39 is 0 Å². The highest BCUT2D eigenvalue weighted by atomic mass is 16.6. The minimum atomic E-state index is 0.138. The van der Waals surface area contributed by atoms with Crippen molar-refractivity contribution in [3.63, 3.8) is 0 Å². The molecular formula is C15H23NO2. The van der Waals surface area contributed by atoms with Crippen molar-refractivity contribution < 1.29 is 9.47 Å². The first kappa shape index (κ1) is 13.2. The molecule has 0 amide bonds. The molecule has 0 saturated carbocycles. The van der Waals surface area contributed by atoms with Crippen LogP contribution in [-0.4, -0.2) is 37.2 Å². The third kappa shape index (κ3) is 3.39. The number of ether oxygens (including phenoxy) is 2. The molecule has 100 valence electrons. The van der Waals surface area contributed by atoms with Gasteiger partial charge >= 0.3 is 0 Å². The zero-order valence-corrected chi connectivity index (χ0v) is 11.6. The van der Waals surface area contributed by atoms with Crippen molar-refractivity contribution >= 4 is 0 Å². The second-order valence-corrected chi connectivity index (χ2v) is 5.24. The van der Waals surface area contributed by atoms with E-state index in [0.29, 0.717) is 12.5 Å².